The molecule has 2 nitrogen and oxygen atoms in total. The highest BCUT2D eigenvalue weighted by Gasteiger charge is 2.72. The van der Waals surface area contributed by atoms with Gasteiger partial charge >= 0.3 is 0 Å². The monoisotopic (exact) mass is 258 g/mol. The molecule has 19 heavy (non-hydrogen) atoms. The molecular weight excluding hydrogens is 236 g/mol. The minimum absolute atomic E-state index is 0.220. The minimum Gasteiger partial charge on any atom is -0.344 e. The maximum atomic E-state index is 6.56. The molecule has 0 unspecified atom stereocenters. The van der Waals surface area contributed by atoms with E-state index in [2.05, 4.69) is 51.1 Å². The number of hydrogen-bond donors (Lipinski definition) is 0. The van der Waals surface area contributed by atoms with E-state index in [9.17, 15) is 0 Å². The van der Waals surface area contributed by atoms with Crippen LogP contribution >= 0.6 is 0 Å². The van der Waals surface area contributed by atoms with Crippen LogP contribution in [-0.4, -0.2) is 11.9 Å². The molecule has 1 saturated heterocycles. The Morgan fingerprint density at radius 1 is 1.11 bits per heavy atom. The fraction of sp³-hybridized carbons (Fsp3) is 0.647. The Labute approximate surface area is 115 Å². The highest BCUT2D eigenvalue weighted by molar-refractivity contribution is 5.34. The topological polar surface area (TPSA) is 18.5 Å². The van der Waals surface area contributed by atoms with Crippen molar-refractivity contribution in [3.8, 4) is 0 Å². The predicted molar refractivity (Wildman–Crippen MR) is 73.6 cm³/mol. The van der Waals surface area contributed by atoms with Gasteiger partial charge in [-0.05, 0) is 44.6 Å². The maximum absolute atomic E-state index is 6.56. The van der Waals surface area contributed by atoms with Gasteiger partial charge in [-0.2, -0.15) is 0 Å². The molecule has 2 heteroatoms. The molecule has 102 valence electrons. The summed E-state index contributed by atoms with van der Waals surface area (Å²) in [5.74, 6) is 0.192. The molecule has 4 rings (SSSR count). The summed E-state index contributed by atoms with van der Waals surface area (Å²) < 4.78 is 12.9. The Morgan fingerprint density at radius 3 is 2.58 bits per heavy atom. The molecule has 1 aliphatic heterocycles. The average Bonchev–Trinajstić information content (AvgIpc) is 2.96. The maximum Gasteiger partial charge on any atom is 0.164 e. The SMILES string of the molecule is CC1(C)O[C@H]2[C@H]3CC[C@@](C)(C3)[C@]2(c2ccccc2)O1. The highest BCUT2D eigenvalue weighted by atomic mass is 16.8. The van der Waals surface area contributed by atoms with E-state index in [4.69, 9.17) is 9.47 Å². The normalized spacial score (nSPS) is 46.5. The first-order valence-electron chi connectivity index (χ1n) is 7.40. The zero-order chi connectivity index (χ0) is 13.3. The lowest BCUT2D eigenvalue weighted by atomic mass is 9.68. The van der Waals surface area contributed by atoms with Crippen molar-refractivity contribution in [1.29, 1.82) is 0 Å². The molecule has 3 fully saturated rings. The van der Waals surface area contributed by atoms with Crippen LogP contribution in [0.3, 0.4) is 0 Å². The molecule has 2 bridgehead atoms. The standard InChI is InChI=1S/C17H22O2/c1-15(2)18-14-12-9-10-16(3,11-12)17(14,19-15)13-7-5-4-6-8-13/h4-8,12,14H,9-11H2,1-3H3/t12-,14-,16-,17+/m0/s1. The van der Waals surface area contributed by atoms with E-state index in [-0.39, 0.29) is 17.1 Å². The summed E-state index contributed by atoms with van der Waals surface area (Å²) in [4.78, 5) is 0. The van der Waals surface area contributed by atoms with Gasteiger partial charge in [0.25, 0.3) is 0 Å². The first-order chi connectivity index (χ1) is 8.97. The van der Waals surface area contributed by atoms with Crippen LogP contribution in [0.2, 0.25) is 0 Å². The van der Waals surface area contributed by atoms with Crippen molar-refractivity contribution < 1.29 is 9.47 Å². The zero-order valence-corrected chi connectivity index (χ0v) is 12.0. The van der Waals surface area contributed by atoms with Gasteiger partial charge in [-0.3, -0.25) is 0 Å². The third-order valence-corrected chi connectivity index (χ3v) is 5.53. The van der Waals surface area contributed by atoms with Gasteiger partial charge < -0.3 is 9.47 Å². The van der Waals surface area contributed by atoms with Gasteiger partial charge in [-0.15, -0.1) is 0 Å². The van der Waals surface area contributed by atoms with Crippen molar-refractivity contribution in [2.75, 3.05) is 0 Å². The Hall–Kier alpha value is -0.860. The number of fused-ring (bicyclic) bond motifs is 5. The van der Waals surface area contributed by atoms with Crippen LogP contribution in [-0.2, 0) is 15.1 Å². The molecular formula is C17H22O2. The molecule has 4 atom stereocenters. The van der Waals surface area contributed by atoms with Crippen LogP contribution in [0, 0.1) is 11.3 Å². The zero-order valence-electron chi connectivity index (χ0n) is 12.0. The van der Waals surface area contributed by atoms with Crippen molar-refractivity contribution >= 4 is 0 Å². The van der Waals surface area contributed by atoms with E-state index in [1.165, 1.54) is 24.8 Å². The fourth-order valence-corrected chi connectivity index (χ4v) is 4.89. The van der Waals surface area contributed by atoms with Crippen LogP contribution in [0.25, 0.3) is 0 Å². The van der Waals surface area contributed by atoms with Crippen molar-refractivity contribution in [2.45, 2.75) is 57.5 Å². The Bertz CT molecular complexity index is 509. The lowest BCUT2D eigenvalue weighted by Crippen LogP contribution is -2.48. The average molecular weight is 258 g/mol. The second-order valence-electron chi connectivity index (χ2n) is 7.21. The van der Waals surface area contributed by atoms with Gasteiger partial charge in [0.15, 0.2) is 5.79 Å². The van der Waals surface area contributed by atoms with E-state index in [0.717, 1.165) is 0 Å². The molecule has 0 spiro atoms. The largest absolute Gasteiger partial charge is 0.344 e. The van der Waals surface area contributed by atoms with Gasteiger partial charge in [0.1, 0.15) is 5.60 Å². The number of rotatable bonds is 1. The quantitative estimate of drug-likeness (QED) is 0.761. The molecule has 0 radical (unpaired) electrons. The van der Waals surface area contributed by atoms with E-state index in [0.29, 0.717) is 5.92 Å². The Balaban J connectivity index is 1.91. The smallest absolute Gasteiger partial charge is 0.164 e. The van der Waals surface area contributed by atoms with Crippen LogP contribution in [0.15, 0.2) is 30.3 Å². The van der Waals surface area contributed by atoms with E-state index in [1.54, 1.807) is 0 Å². The van der Waals surface area contributed by atoms with Gasteiger partial charge in [0, 0.05) is 5.41 Å². The number of hydrogen-bond acceptors (Lipinski definition) is 2. The number of benzene rings is 1. The van der Waals surface area contributed by atoms with Crippen LogP contribution < -0.4 is 0 Å². The van der Waals surface area contributed by atoms with Crippen LogP contribution in [0.4, 0.5) is 0 Å². The third-order valence-electron chi connectivity index (χ3n) is 5.53. The molecule has 1 aromatic rings. The predicted octanol–water partition coefficient (Wildman–Crippen LogP) is 3.85. The third kappa shape index (κ3) is 1.34. The Morgan fingerprint density at radius 2 is 1.84 bits per heavy atom. The minimum atomic E-state index is -0.467. The summed E-state index contributed by atoms with van der Waals surface area (Å²) in [7, 11) is 0. The Kier molecular flexibility index (Phi) is 2.15. The molecule has 2 aliphatic carbocycles. The van der Waals surface area contributed by atoms with Gasteiger partial charge in [-0.1, -0.05) is 37.3 Å². The van der Waals surface area contributed by atoms with E-state index in [1.807, 2.05) is 0 Å². The van der Waals surface area contributed by atoms with Gasteiger partial charge in [-0.25, -0.2) is 0 Å². The molecule has 0 aromatic heterocycles. The second-order valence-corrected chi connectivity index (χ2v) is 7.21. The fourth-order valence-electron chi connectivity index (χ4n) is 4.89. The van der Waals surface area contributed by atoms with Crippen molar-refractivity contribution in [2.24, 2.45) is 11.3 Å². The molecule has 1 aromatic carbocycles. The van der Waals surface area contributed by atoms with Crippen LogP contribution in [0.5, 0.6) is 0 Å². The summed E-state index contributed by atoms with van der Waals surface area (Å²) in [5, 5.41) is 0. The van der Waals surface area contributed by atoms with Crippen LogP contribution in [0.1, 0.15) is 45.6 Å². The van der Waals surface area contributed by atoms with E-state index >= 15 is 0 Å². The second kappa shape index (κ2) is 3.42. The molecule has 2 saturated carbocycles. The molecule has 3 aliphatic rings. The van der Waals surface area contributed by atoms with Crippen molar-refractivity contribution in [3.63, 3.8) is 0 Å². The van der Waals surface area contributed by atoms with Crippen molar-refractivity contribution in [3.05, 3.63) is 35.9 Å². The lowest BCUT2D eigenvalue weighted by molar-refractivity contribution is -0.193. The number of ether oxygens (including phenoxy) is 2. The summed E-state index contributed by atoms with van der Waals surface area (Å²) >= 11 is 0. The molecule has 1 heterocycles. The van der Waals surface area contributed by atoms with Gasteiger partial charge in [0.05, 0.1) is 6.10 Å². The van der Waals surface area contributed by atoms with E-state index < -0.39 is 5.79 Å². The first kappa shape index (κ1) is 11.9. The summed E-state index contributed by atoms with van der Waals surface area (Å²) in [6, 6.07) is 10.7. The molecule has 0 N–H and O–H groups in total. The van der Waals surface area contributed by atoms with Crippen molar-refractivity contribution in [1.82, 2.24) is 0 Å². The first-order valence-corrected chi connectivity index (χ1v) is 7.40. The summed E-state index contributed by atoms with van der Waals surface area (Å²) in [6.07, 6.45) is 4.00. The summed E-state index contributed by atoms with van der Waals surface area (Å²) in [5.41, 5.74) is 1.29. The lowest BCUT2D eigenvalue weighted by Gasteiger charge is -2.44. The summed E-state index contributed by atoms with van der Waals surface area (Å²) in [6.45, 7) is 6.50. The van der Waals surface area contributed by atoms with Gasteiger partial charge in [0.2, 0.25) is 0 Å². The molecule has 0 amide bonds. The highest BCUT2D eigenvalue weighted by Crippen LogP contribution is 2.70.